The number of nitrogens with zero attached hydrogens (tertiary/aromatic N) is 1. The third kappa shape index (κ3) is 4.36. The topological polar surface area (TPSA) is 51.2 Å². The van der Waals surface area contributed by atoms with Crippen LogP contribution in [0.5, 0.6) is 5.75 Å². The van der Waals surface area contributed by atoms with Gasteiger partial charge in [-0.15, -0.1) is 0 Å². The van der Waals surface area contributed by atoms with Crippen molar-refractivity contribution in [2.45, 2.75) is 38.9 Å². The molecule has 3 rings (SSSR count). The van der Waals surface area contributed by atoms with Crippen LogP contribution >= 0.6 is 0 Å². The van der Waals surface area contributed by atoms with Crippen LogP contribution in [-0.2, 0) is 0 Å². The maximum atomic E-state index is 12.5. The molecule has 0 aliphatic carbocycles. The molecule has 27 heavy (non-hydrogen) atoms. The van der Waals surface area contributed by atoms with E-state index in [1.165, 1.54) is 0 Å². The van der Waals surface area contributed by atoms with Gasteiger partial charge in [-0.3, -0.25) is 9.78 Å². The second-order valence-electron chi connectivity index (χ2n) is 8.26. The second kappa shape index (κ2) is 7.16. The van der Waals surface area contributed by atoms with E-state index in [0.717, 1.165) is 22.3 Å². The summed E-state index contributed by atoms with van der Waals surface area (Å²) in [6.07, 6.45) is 1.77. The number of carbonyl (C=O) groups excluding carboxylic acids is 1. The summed E-state index contributed by atoms with van der Waals surface area (Å²) < 4.78 is 6.35. The lowest BCUT2D eigenvalue weighted by Gasteiger charge is -2.36. The van der Waals surface area contributed by atoms with Crippen molar-refractivity contribution < 1.29 is 9.22 Å². The average molecular weight is 379 g/mol. The Balaban J connectivity index is 1.87. The maximum absolute atomic E-state index is 12.5. The molecular formula is C22H26N2O2Si. The molecule has 140 valence electrons. The van der Waals surface area contributed by atoms with E-state index in [2.05, 4.69) is 44.2 Å². The van der Waals surface area contributed by atoms with E-state index in [-0.39, 0.29) is 10.9 Å². The lowest BCUT2D eigenvalue weighted by Crippen LogP contribution is -2.43. The molecule has 0 bridgehead atoms. The minimum atomic E-state index is -1.94. The number of rotatable bonds is 4. The van der Waals surface area contributed by atoms with Gasteiger partial charge in [0.1, 0.15) is 5.75 Å². The molecule has 0 spiro atoms. The number of pyridine rings is 1. The van der Waals surface area contributed by atoms with Crippen molar-refractivity contribution in [1.82, 2.24) is 4.98 Å². The molecule has 1 N–H and O–H groups in total. The summed E-state index contributed by atoms with van der Waals surface area (Å²) in [5.74, 6) is 0.619. The smallest absolute Gasteiger partial charge is 0.255 e. The molecule has 0 atom stereocenters. The van der Waals surface area contributed by atoms with Gasteiger partial charge in [0.15, 0.2) is 0 Å². The summed E-state index contributed by atoms with van der Waals surface area (Å²) in [6, 6.07) is 16.9. The molecule has 0 aliphatic rings. The summed E-state index contributed by atoms with van der Waals surface area (Å²) in [5, 5.41) is 3.92. The predicted octanol–water partition coefficient (Wildman–Crippen LogP) is 5.87. The Morgan fingerprint density at radius 1 is 1.04 bits per heavy atom. The number of benzene rings is 2. The number of amides is 1. The molecule has 1 heterocycles. The summed E-state index contributed by atoms with van der Waals surface area (Å²) in [5.41, 5.74) is 2.21. The number of hydrogen-bond acceptors (Lipinski definition) is 3. The molecule has 0 aliphatic heterocycles. The molecule has 3 aromatic rings. The highest BCUT2D eigenvalue weighted by Gasteiger charge is 2.39. The third-order valence-electron chi connectivity index (χ3n) is 5.13. The van der Waals surface area contributed by atoms with E-state index in [9.17, 15) is 4.79 Å². The monoisotopic (exact) mass is 378 g/mol. The normalized spacial score (nSPS) is 12.0. The Morgan fingerprint density at radius 3 is 2.41 bits per heavy atom. The van der Waals surface area contributed by atoms with Crippen LogP contribution in [-0.4, -0.2) is 19.2 Å². The van der Waals surface area contributed by atoms with Crippen molar-refractivity contribution in [2.75, 3.05) is 5.32 Å². The van der Waals surface area contributed by atoms with Crippen LogP contribution in [0.3, 0.4) is 0 Å². The Kier molecular flexibility index (Phi) is 5.06. The number of fused-ring (bicyclic) bond motifs is 1. The highest BCUT2D eigenvalue weighted by atomic mass is 28.4. The van der Waals surface area contributed by atoms with Crippen molar-refractivity contribution in [3.05, 3.63) is 66.4 Å². The Bertz CT molecular complexity index is 963. The Labute approximate surface area is 161 Å². The van der Waals surface area contributed by atoms with Crippen molar-refractivity contribution in [2.24, 2.45) is 0 Å². The number of hydrogen-bond donors (Lipinski definition) is 1. The van der Waals surface area contributed by atoms with E-state index < -0.39 is 8.32 Å². The number of anilines is 1. The van der Waals surface area contributed by atoms with Gasteiger partial charge in [-0.05, 0) is 54.5 Å². The Hall–Kier alpha value is -2.66. The van der Waals surface area contributed by atoms with Gasteiger partial charge < -0.3 is 9.74 Å². The molecule has 0 saturated heterocycles. The molecule has 0 unspecified atom stereocenters. The Morgan fingerprint density at radius 2 is 1.74 bits per heavy atom. The highest BCUT2D eigenvalue weighted by molar-refractivity contribution is 6.74. The zero-order chi connectivity index (χ0) is 19.7. The molecular weight excluding hydrogens is 352 g/mol. The molecule has 0 fully saturated rings. The van der Waals surface area contributed by atoms with E-state index in [1.54, 1.807) is 12.3 Å². The van der Waals surface area contributed by atoms with Crippen LogP contribution in [0.25, 0.3) is 10.9 Å². The quantitative estimate of drug-likeness (QED) is 0.578. The molecule has 0 saturated carbocycles. The van der Waals surface area contributed by atoms with Crippen LogP contribution in [0.4, 0.5) is 5.69 Å². The first-order chi connectivity index (χ1) is 12.7. The van der Waals surface area contributed by atoms with Gasteiger partial charge in [-0.25, -0.2) is 0 Å². The van der Waals surface area contributed by atoms with Gasteiger partial charge in [0, 0.05) is 16.6 Å². The molecule has 1 aromatic heterocycles. The van der Waals surface area contributed by atoms with Crippen LogP contribution in [0, 0.1) is 0 Å². The largest absolute Gasteiger partial charge is 0.542 e. The van der Waals surface area contributed by atoms with Gasteiger partial charge in [0.05, 0.1) is 11.7 Å². The summed E-state index contributed by atoms with van der Waals surface area (Å²) >= 11 is 0. The fourth-order valence-electron chi connectivity index (χ4n) is 2.48. The summed E-state index contributed by atoms with van der Waals surface area (Å²) in [7, 11) is -1.94. The van der Waals surface area contributed by atoms with Crippen LogP contribution in [0.1, 0.15) is 31.1 Å². The lowest BCUT2D eigenvalue weighted by atomic mass is 10.1. The van der Waals surface area contributed by atoms with Crippen LogP contribution < -0.4 is 9.74 Å². The molecule has 2 aromatic carbocycles. The standard InChI is InChI=1S/C22H26N2O2Si/c1-22(2,3)27(4,5)26-19-14-17-13-16(11-12-20(17)23-15-19)21(25)24-18-9-7-6-8-10-18/h6-15H,1-5H3,(H,24,25). The van der Waals surface area contributed by atoms with Crippen LogP contribution in [0.2, 0.25) is 18.1 Å². The second-order valence-corrected chi connectivity index (χ2v) is 13.0. The van der Waals surface area contributed by atoms with Gasteiger partial charge in [-0.1, -0.05) is 39.0 Å². The van der Waals surface area contributed by atoms with Crippen molar-refractivity contribution >= 4 is 30.8 Å². The first-order valence-electron chi connectivity index (χ1n) is 9.11. The number of carbonyl (C=O) groups is 1. The lowest BCUT2D eigenvalue weighted by molar-refractivity contribution is 0.102. The SMILES string of the molecule is CC(C)(C)[Si](C)(C)Oc1cnc2ccc(C(=O)Nc3ccccc3)cc2c1. The zero-order valence-corrected chi connectivity index (χ0v) is 17.5. The molecule has 4 nitrogen and oxygen atoms in total. The third-order valence-corrected chi connectivity index (χ3v) is 9.49. The number of para-hydroxylation sites is 1. The van der Waals surface area contributed by atoms with Crippen molar-refractivity contribution in [3.8, 4) is 5.75 Å². The minimum absolute atomic E-state index is 0.110. The first-order valence-corrected chi connectivity index (χ1v) is 12.0. The molecule has 1 amide bonds. The predicted molar refractivity (Wildman–Crippen MR) is 114 cm³/mol. The van der Waals surface area contributed by atoms with E-state index in [0.29, 0.717) is 5.56 Å². The first kappa shape index (κ1) is 19.1. The summed E-state index contributed by atoms with van der Waals surface area (Å²) in [4.78, 5) is 17.0. The molecule has 5 heteroatoms. The van der Waals surface area contributed by atoms with Crippen molar-refractivity contribution in [1.29, 1.82) is 0 Å². The summed E-state index contributed by atoms with van der Waals surface area (Å²) in [6.45, 7) is 11.0. The van der Waals surface area contributed by atoms with Crippen LogP contribution in [0.15, 0.2) is 60.8 Å². The fraction of sp³-hybridized carbons (Fsp3) is 0.273. The maximum Gasteiger partial charge on any atom is 0.255 e. The van der Waals surface area contributed by atoms with Gasteiger partial charge in [0.2, 0.25) is 0 Å². The van der Waals surface area contributed by atoms with E-state index in [4.69, 9.17) is 4.43 Å². The molecule has 0 radical (unpaired) electrons. The highest BCUT2D eigenvalue weighted by Crippen LogP contribution is 2.37. The average Bonchev–Trinajstić information content (AvgIpc) is 2.60. The van der Waals surface area contributed by atoms with E-state index >= 15 is 0 Å². The minimum Gasteiger partial charge on any atom is -0.542 e. The van der Waals surface area contributed by atoms with Gasteiger partial charge in [-0.2, -0.15) is 0 Å². The van der Waals surface area contributed by atoms with Gasteiger partial charge in [0.25, 0.3) is 14.2 Å². The zero-order valence-electron chi connectivity index (χ0n) is 16.5. The van der Waals surface area contributed by atoms with Crippen molar-refractivity contribution in [3.63, 3.8) is 0 Å². The fourth-order valence-corrected chi connectivity index (χ4v) is 3.49. The van der Waals surface area contributed by atoms with Gasteiger partial charge >= 0.3 is 0 Å². The number of aromatic nitrogens is 1. The number of nitrogens with one attached hydrogen (secondary N) is 1. The van der Waals surface area contributed by atoms with E-state index in [1.807, 2.05) is 48.5 Å².